The molecule has 0 unspecified atom stereocenters. The van der Waals surface area contributed by atoms with Crippen molar-refractivity contribution in [3.8, 4) is 16.9 Å². The second-order valence-corrected chi connectivity index (χ2v) is 5.13. The summed E-state index contributed by atoms with van der Waals surface area (Å²) < 4.78 is 10.3. The van der Waals surface area contributed by atoms with Crippen molar-refractivity contribution >= 4 is 23.4 Å². The topological polar surface area (TPSA) is 71.3 Å². The van der Waals surface area contributed by atoms with E-state index in [0.717, 1.165) is 16.7 Å². The molecule has 6 heteroatoms. The van der Waals surface area contributed by atoms with Crippen molar-refractivity contribution in [3.63, 3.8) is 0 Å². The van der Waals surface area contributed by atoms with E-state index in [-0.39, 0.29) is 5.91 Å². The van der Waals surface area contributed by atoms with Crippen LogP contribution in [-0.4, -0.2) is 20.1 Å². The summed E-state index contributed by atoms with van der Waals surface area (Å²) in [6, 6.07) is 12.0. The Balaban J connectivity index is 2.16. The molecule has 0 atom stereocenters. The molecule has 0 saturated carbocycles. The molecule has 2 aromatic rings. The van der Waals surface area contributed by atoms with Gasteiger partial charge < -0.3 is 14.8 Å². The van der Waals surface area contributed by atoms with E-state index in [2.05, 4.69) is 5.32 Å². The molecule has 2 rings (SSSR count). The van der Waals surface area contributed by atoms with E-state index in [4.69, 9.17) is 14.7 Å². The van der Waals surface area contributed by atoms with Crippen LogP contribution in [0, 0.1) is 10.7 Å². The SMILES string of the molecule is COc1cc(OC)cc(C(=O)Nc2ccc(SC#N)cc2)c1. The Hall–Kier alpha value is -2.65. The summed E-state index contributed by atoms with van der Waals surface area (Å²) in [5.41, 5.74) is 1.08. The van der Waals surface area contributed by atoms with Crippen molar-refractivity contribution in [2.75, 3.05) is 19.5 Å². The largest absolute Gasteiger partial charge is 0.497 e. The van der Waals surface area contributed by atoms with Gasteiger partial charge >= 0.3 is 0 Å². The smallest absolute Gasteiger partial charge is 0.255 e. The van der Waals surface area contributed by atoms with Crippen molar-refractivity contribution in [2.45, 2.75) is 4.90 Å². The minimum Gasteiger partial charge on any atom is -0.497 e. The van der Waals surface area contributed by atoms with Crippen LogP contribution in [0.5, 0.6) is 11.5 Å². The minimum absolute atomic E-state index is 0.266. The summed E-state index contributed by atoms with van der Waals surface area (Å²) in [7, 11) is 3.06. The predicted octanol–water partition coefficient (Wildman–Crippen LogP) is 3.53. The third-order valence-electron chi connectivity index (χ3n) is 2.89. The molecule has 0 radical (unpaired) electrons. The molecule has 0 fully saturated rings. The second-order valence-electron chi connectivity index (χ2n) is 4.27. The number of nitriles is 1. The number of nitrogens with one attached hydrogen (secondary N) is 1. The summed E-state index contributed by atoms with van der Waals surface area (Å²) >= 11 is 1.07. The number of benzene rings is 2. The number of ether oxygens (including phenoxy) is 2. The molecular formula is C16H14N2O3S. The molecule has 0 aliphatic carbocycles. The van der Waals surface area contributed by atoms with Gasteiger partial charge in [-0.15, -0.1) is 0 Å². The molecule has 0 heterocycles. The summed E-state index contributed by atoms with van der Waals surface area (Å²) in [6.07, 6.45) is 0. The Labute approximate surface area is 132 Å². The number of thioether (sulfide) groups is 1. The van der Waals surface area contributed by atoms with Crippen LogP contribution >= 0.6 is 11.8 Å². The van der Waals surface area contributed by atoms with Gasteiger partial charge in [-0.25, -0.2) is 0 Å². The number of amides is 1. The Morgan fingerprint density at radius 1 is 1.09 bits per heavy atom. The van der Waals surface area contributed by atoms with Crippen molar-refractivity contribution in [1.82, 2.24) is 0 Å². The van der Waals surface area contributed by atoms with E-state index >= 15 is 0 Å². The molecule has 0 aromatic heterocycles. The van der Waals surface area contributed by atoms with Crippen LogP contribution in [0.1, 0.15) is 10.4 Å². The molecular weight excluding hydrogens is 300 g/mol. The summed E-state index contributed by atoms with van der Waals surface area (Å²) in [5.74, 6) is 0.827. The average Bonchev–Trinajstić information content (AvgIpc) is 2.56. The lowest BCUT2D eigenvalue weighted by Gasteiger charge is -2.09. The van der Waals surface area contributed by atoms with Crippen LogP contribution in [0.4, 0.5) is 5.69 Å². The molecule has 5 nitrogen and oxygen atoms in total. The molecule has 0 saturated heterocycles. The molecule has 0 bridgehead atoms. The van der Waals surface area contributed by atoms with Crippen molar-refractivity contribution in [3.05, 3.63) is 48.0 Å². The zero-order chi connectivity index (χ0) is 15.9. The van der Waals surface area contributed by atoms with E-state index in [1.807, 2.05) is 5.40 Å². The molecule has 112 valence electrons. The lowest BCUT2D eigenvalue weighted by atomic mass is 10.2. The Morgan fingerprint density at radius 3 is 2.18 bits per heavy atom. The summed E-state index contributed by atoms with van der Waals surface area (Å²) in [6.45, 7) is 0. The lowest BCUT2D eigenvalue weighted by Crippen LogP contribution is -2.12. The Morgan fingerprint density at radius 2 is 1.68 bits per heavy atom. The fourth-order valence-electron chi connectivity index (χ4n) is 1.80. The highest BCUT2D eigenvalue weighted by Crippen LogP contribution is 2.24. The molecule has 2 aromatic carbocycles. The van der Waals surface area contributed by atoms with Crippen LogP contribution in [0.3, 0.4) is 0 Å². The van der Waals surface area contributed by atoms with E-state index in [1.54, 1.807) is 42.5 Å². The summed E-state index contributed by atoms with van der Waals surface area (Å²) in [4.78, 5) is 13.1. The number of hydrogen-bond acceptors (Lipinski definition) is 5. The predicted molar refractivity (Wildman–Crippen MR) is 85.4 cm³/mol. The maximum Gasteiger partial charge on any atom is 0.255 e. The van der Waals surface area contributed by atoms with Gasteiger partial charge in [0.15, 0.2) is 0 Å². The Bertz CT molecular complexity index is 686. The number of nitrogens with zero attached hydrogens (tertiary/aromatic N) is 1. The first-order valence-electron chi connectivity index (χ1n) is 6.36. The first-order chi connectivity index (χ1) is 10.7. The highest BCUT2D eigenvalue weighted by molar-refractivity contribution is 8.03. The molecule has 22 heavy (non-hydrogen) atoms. The minimum atomic E-state index is -0.266. The van der Waals surface area contributed by atoms with Gasteiger partial charge in [-0.1, -0.05) is 0 Å². The molecule has 0 aliphatic heterocycles. The van der Waals surface area contributed by atoms with Crippen LogP contribution < -0.4 is 14.8 Å². The number of rotatable bonds is 5. The monoisotopic (exact) mass is 314 g/mol. The van der Waals surface area contributed by atoms with Gasteiger partial charge in [0.05, 0.1) is 14.2 Å². The van der Waals surface area contributed by atoms with E-state index < -0.39 is 0 Å². The van der Waals surface area contributed by atoms with Crippen LogP contribution in [0.15, 0.2) is 47.4 Å². The number of anilines is 1. The summed E-state index contributed by atoms with van der Waals surface area (Å²) in [5, 5.41) is 13.4. The van der Waals surface area contributed by atoms with E-state index in [0.29, 0.717) is 22.7 Å². The van der Waals surface area contributed by atoms with Gasteiger partial charge in [-0.2, -0.15) is 5.26 Å². The lowest BCUT2D eigenvalue weighted by molar-refractivity contribution is 0.102. The van der Waals surface area contributed by atoms with Gasteiger partial charge in [-0.3, -0.25) is 4.79 Å². The second kappa shape index (κ2) is 7.38. The van der Waals surface area contributed by atoms with Gasteiger partial charge in [0.25, 0.3) is 5.91 Å². The fraction of sp³-hybridized carbons (Fsp3) is 0.125. The molecule has 0 aliphatic rings. The van der Waals surface area contributed by atoms with E-state index in [9.17, 15) is 4.79 Å². The third-order valence-corrected chi connectivity index (χ3v) is 3.49. The average molecular weight is 314 g/mol. The van der Waals surface area contributed by atoms with Gasteiger partial charge in [-0.05, 0) is 48.2 Å². The standard InChI is InChI=1S/C16H14N2O3S/c1-20-13-7-11(8-14(9-13)21-2)16(19)18-12-3-5-15(6-4-12)22-10-17/h3-9H,1-2H3,(H,18,19). The van der Waals surface area contributed by atoms with Gasteiger partial charge in [0.1, 0.15) is 16.9 Å². The van der Waals surface area contributed by atoms with Crippen molar-refractivity contribution in [1.29, 1.82) is 5.26 Å². The molecule has 0 spiro atoms. The van der Waals surface area contributed by atoms with E-state index in [1.165, 1.54) is 14.2 Å². The highest BCUT2D eigenvalue weighted by Gasteiger charge is 2.10. The number of thiocyanates is 1. The fourth-order valence-corrected chi connectivity index (χ4v) is 2.18. The van der Waals surface area contributed by atoms with Crippen molar-refractivity contribution in [2.24, 2.45) is 0 Å². The normalized spacial score (nSPS) is 9.68. The zero-order valence-electron chi connectivity index (χ0n) is 12.1. The first kappa shape index (κ1) is 15.7. The maximum absolute atomic E-state index is 12.3. The third kappa shape index (κ3) is 3.93. The number of methoxy groups -OCH3 is 2. The molecule has 1 amide bonds. The van der Waals surface area contributed by atoms with Crippen molar-refractivity contribution < 1.29 is 14.3 Å². The van der Waals surface area contributed by atoms with Crippen LogP contribution in [-0.2, 0) is 0 Å². The zero-order valence-corrected chi connectivity index (χ0v) is 12.9. The number of carbonyl (C=O) groups excluding carboxylic acids is 1. The van der Waals surface area contributed by atoms with Gasteiger partial charge in [0, 0.05) is 22.2 Å². The maximum atomic E-state index is 12.3. The first-order valence-corrected chi connectivity index (χ1v) is 7.18. The Kier molecular flexibility index (Phi) is 5.28. The quantitative estimate of drug-likeness (QED) is 0.675. The highest BCUT2D eigenvalue weighted by atomic mass is 32.2. The van der Waals surface area contributed by atoms with Crippen LogP contribution in [0.2, 0.25) is 0 Å². The number of hydrogen-bond donors (Lipinski definition) is 1. The van der Waals surface area contributed by atoms with Crippen LogP contribution in [0.25, 0.3) is 0 Å². The van der Waals surface area contributed by atoms with Gasteiger partial charge in [0.2, 0.25) is 0 Å². The molecule has 1 N–H and O–H groups in total. The number of carbonyl (C=O) groups is 1.